The Bertz CT molecular complexity index is 875. The van der Waals surface area contributed by atoms with Crippen molar-refractivity contribution in [1.29, 1.82) is 0 Å². The summed E-state index contributed by atoms with van der Waals surface area (Å²) in [4.78, 5) is 28.5. The normalized spacial score (nSPS) is 17.0. The number of carbonyl (C=O) groups excluding carboxylic acids is 2. The molecule has 6 nitrogen and oxygen atoms in total. The van der Waals surface area contributed by atoms with Crippen LogP contribution in [0.15, 0.2) is 12.1 Å². The second-order valence-electron chi connectivity index (χ2n) is 6.17. The maximum absolute atomic E-state index is 11.7. The molecule has 0 bridgehead atoms. The van der Waals surface area contributed by atoms with E-state index in [0.717, 1.165) is 40.8 Å². The Morgan fingerprint density at radius 3 is 2.83 bits per heavy atom. The van der Waals surface area contributed by atoms with Crippen molar-refractivity contribution in [3.8, 4) is 12.3 Å². The number of terminal acetylenes is 1. The Kier molecular flexibility index (Phi) is 3.94. The summed E-state index contributed by atoms with van der Waals surface area (Å²) < 4.78 is 0. The molecule has 1 aliphatic rings. The monoisotopic (exact) mass is 324 g/mol. The predicted molar refractivity (Wildman–Crippen MR) is 93.9 cm³/mol. The Labute approximate surface area is 140 Å². The molecular formula is C18H20N4O2. The summed E-state index contributed by atoms with van der Waals surface area (Å²) in [6, 6.07) is 3.70. The van der Waals surface area contributed by atoms with Crippen LogP contribution in [0.25, 0.3) is 10.9 Å². The molecule has 4 N–H and O–H groups in total. The molecule has 2 heterocycles. The number of aromatic amines is 1. The first-order valence-corrected chi connectivity index (χ1v) is 7.86. The van der Waals surface area contributed by atoms with Gasteiger partial charge in [0.05, 0.1) is 11.1 Å². The van der Waals surface area contributed by atoms with Gasteiger partial charge in [0.1, 0.15) is 0 Å². The number of H-pyrrole nitrogens is 1. The van der Waals surface area contributed by atoms with E-state index in [1.54, 1.807) is 6.07 Å². The second-order valence-corrected chi connectivity index (χ2v) is 6.17. The van der Waals surface area contributed by atoms with Gasteiger partial charge < -0.3 is 20.9 Å². The summed E-state index contributed by atoms with van der Waals surface area (Å²) in [7, 11) is 0. The first-order valence-electron chi connectivity index (χ1n) is 7.86. The largest absolute Gasteiger partial charge is 0.369 e. The van der Waals surface area contributed by atoms with Crippen molar-refractivity contribution in [2.24, 2.45) is 5.73 Å². The van der Waals surface area contributed by atoms with Crippen LogP contribution < -0.4 is 16.0 Å². The number of hydrogen-bond acceptors (Lipinski definition) is 3. The zero-order chi connectivity index (χ0) is 17.4. The van der Waals surface area contributed by atoms with Gasteiger partial charge in [-0.25, -0.2) is 0 Å². The topological polar surface area (TPSA) is 91.2 Å². The Morgan fingerprint density at radius 1 is 1.42 bits per heavy atom. The molecule has 1 aromatic heterocycles. The SMILES string of the molecule is C#CC(=O)N[C@@H]1CCN(c2ccc(C(N)=O)c3[nH]c(C)c(C)c23)C1. The van der Waals surface area contributed by atoms with Gasteiger partial charge in [0.25, 0.3) is 11.8 Å². The molecule has 124 valence electrons. The van der Waals surface area contributed by atoms with Gasteiger partial charge in [0, 0.05) is 35.9 Å². The van der Waals surface area contributed by atoms with Gasteiger partial charge in [-0.15, -0.1) is 6.42 Å². The zero-order valence-electron chi connectivity index (χ0n) is 13.8. The van der Waals surface area contributed by atoms with Crippen LogP contribution >= 0.6 is 0 Å². The summed E-state index contributed by atoms with van der Waals surface area (Å²) in [5.74, 6) is 1.25. The number of carbonyl (C=O) groups is 2. The first kappa shape index (κ1) is 15.9. The molecule has 0 spiro atoms. The Balaban J connectivity index is 1.99. The van der Waals surface area contributed by atoms with E-state index in [-0.39, 0.29) is 11.9 Å². The number of nitrogens with one attached hydrogen (secondary N) is 2. The smallest absolute Gasteiger partial charge is 0.295 e. The summed E-state index contributed by atoms with van der Waals surface area (Å²) >= 11 is 0. The number of aryl methyl sites for hydroxylation is 2. The maximum atomic E-state index is 11.7. The van der Waals surface area contributed by atoms with Crippen molar-refractivity contribution < 1.29 is 9.59 Å². The molecule has 0 saturated carbocycles. The fraction of sp³-hybridized carbons (Fsp3) is 0.333. The van der Waals surface area contributed by atoms with Crippen molar-refractivity contribution in [2.75, 3.05) is 18.0 Å². The van der Waals surface area contributed by atoms with Crippen molar-refractivity contribution in [1.82, 2.24) is 10.3 Å². The van der Waals surface area contributed by atoms with E-state index in [4.69, 9.17) is 12.2 Å². The van der Waals surface area contributed by atoms with Crippen LogP contribution in [0, 0.1) is 26.2 Å². The van der Waals surface area contributed by atoms with E-state index < -0.39 is 5.91 Å². The third kappa shape index (κ3) is 2.58. The lowest BCUT2D eigenvalue weighted by molar-refractivity contribution is -0.116. The third-order valence-corrected chi connectivity index (χ3v) is 4.69. The van der Waals surface area contributed by atoms with Gasteiger partial charge in [0.2, 0.25) is 0 Å². The molecule has 1 fully saturated rings. The minimum absolute atomic E-state index is 0.0276. The molecule has 6 heteroatoms. The minimum atomic E-state index is -0.451. The predicted octanol–water partition coefficient (Wildman–Crippen LogP) is 1.21. The van der Waals surface area contributed by atoms with E-state index in [2.05, 4.69) is 21.1 Å². The number of anilines is 1. The lowest BCUT2D eigenvalue weighted by Crippen LogP contribution is -2.36. The quantitative estimate of drug-likeness (QED) is 0.741. The van der Waals surface area contributed by atoms with Crippen LogP contribution in [0.2, 0.25) is 0 Å². The van der Waals surface area contributed by atoms with E-state index in [9.17, 15) is 9.59 Å². The van der Waals surface area contributed by atoms with Gasteiger partial charge in [-0.2, -0.15) is 0 Å². The summed E-state index contributed by atoms with van der Waals surface area (Å²) in [5, 5.41) is 3.83. The highest BCUT2D eigenvalue weighted by Crippen LogP contribution is 2.35. The number of aromatic nitrogens is 1. The van der Waals surface area contributed by atoms with Gasteiger partial charge in [-0.3, -0.25) is 9.59 Å². The summed E-state index contributed by atoms with van der Waals surface area (Å²) in [5.41, 5.74) is 9.90. The molecule has 2 aromatic rings. The molecule has 24 heavy (non-hydrogen) atoms. The number of primary amides is 1. The Hall–Kier alpha value is -2.94. The van der Waals surface area contributed by atoms with Gasteiger partial charge >= 0.3 is 0 Å². The van der Waals surface area contributed by atoms with Crippen LogP contribution in [0.5, 0.6) is 0 Å². The van der Waals surface area contributed by atoms with Crippen LogP contribution in [0.1, 0.15) is 28.0 Å². The average molecular weight is 324 g/mol. The molecule has 1 aliphatic heterocycles. The van der Waals surface area contributed by atoms with E-state index in [1.807, 2.05) is 19.9 Å². The molecule has 0 radical (unpaired) electrons. The second kappa shape index (κ2) is 5.93. The van der Waals surface area contributed by atoms with E-state index in [0.29, 0.717) is 12.1 Å². The average Bonchev–Trinajstić information content (AvgIpc) is 3.12. The van der Waals surface area contributed by atoms with Crippen LogP contribution in [-0.2, 0) is 4.79 Å². The Morgan fingerprint density at radius 2 is 2.17 bits per heavy atom. The summed E-state index contributed by atoms with van der Waals surface area (Å²) in [6.07, 6.45) is 5.94. The standard InChI is InChI=1S/C18H20N4O2/c1-4-15(23)21-12-7-8-22(9-12)14-6-5-13(18(19)24)17-16(14)10(2)11(3)20-17/h1,5-6,12,20H,7-9H2,2-3H3,(H2,19,24)(H,21,23)/t12-/m1/s1. The highest BCUT2D eigenvalue weighted by molar-refractivity contribution is 6.10. The van der Waals surface area contributed by atoms with E-state index >= 15 is 0 Å². The molecule has 1 aromatic carbocycles. The maximum Gasteiger partial charge on any atom is 0.295 e. The molecule has 0 unspecified atom stereocenters. The number of nitrogens with zero attached hydrogens (tertiary/aromatic N) is 1. The molecule has 1 saturated heterocycles. The van der Waals surface area contributed by atoms with Crippen LogP contribution in [-0.4, -0.2) is 35.9 Å². The minimum Gasteiger partial charge on any atom is -0.369 e. The van der Waals surface area contributed by atoms with Gasteiger partial charge in [0.15, 0.2) is 0 Å². The number of fused-ring (bicyclic) bond motifs is 1. The number of benzene rings is 1. The van der Waals surface area contributed by atoms with Gasteiger partial charge in [-0.05, 0) is 43.9 Å². The molecular weight excluding hydrogens is 304 g/mol. The fourth-order valence-electron chi connectivity index (χ4n) is 3.36. The number of rotatable bonds is 3. The fourth-order valence-corrected chi connectivity index (χ4v) is 3.36. The van der Waals surface area contributed by atoms with Crippen molar-refractivity contribution >= 4 is 28.4 Å². The molecule has 2 amide bonds. The zero-order valence-corrected chi connectivity index (χ0v) is 13.8. The molecule has 0 aliphatic carbocycles. The lowest BCUT2D eigenvalue weighted by atomic mass is 10.1. The third-order valence-electron chi connectivity index (χ3n) is 4.69. The van der Waals surface area contributed by atoms with Crippen molar-refractivity contribution in [3.05, 3.63) is 29.0 Å². The van der Waals surface area contributed by atoms with Crippen LogP contribution in [0.3, 0.4) is 0 Å². The molecule has 3 rings (SSSR count). The van der Waals surface area contributed by atoms with Crippen molar-refractivity contribution in [2.45, 2.75) is 26.3 Å². The van der Waals surface area contributed by atoms with Crippen LogP contribution in [0.4, 0.5) is 5.69 Å². The summed E-state index contributed by atoms with van der Waals surface area (Å²) in [6.45, 7) is 5.49. The van der Waals surface area contributed by atoms with Crippen molar-refractivity contribution in [3.63, 3.8) is 0 Å². The highest BCUT2D eigenvalue weighted by Gasteiger charge is 2.26. The lowest BCUT2D eigenvalue weighted by Gasteiger charge is -2.21. The molecule has 1 atom stereocenters. The van der Waals surface area contributed by atoms with E-state index in [1.165, 1.54) is 0 Å². The number of hydrogen-bond donors (Lipinski definition) is 3. The van der Waals surface area contributed by atoms with Gasteiger partial charge in [-0.1, -0.05) is 0 Å². The number of amides is 2. The first-order chi connectivity index (χ1) is 11.4. The highest BCUT2D eigenvalue weighted by atomic mass is 16.1. The number of nitrogens with two attached hydrogens (primary N) is 1.